The molecule has 0 spiro atoms. The van der Waals surface area contributed by atoms with Gasteiger partial charge < -0.3 is 10.6 Å². The highest BCUT2D eigenvalue weighted by Gasteiger charge is 2.36. The van der Waals surface area contributed by atoms with Gasteiger partial charge in [-0.2, -0.15) is 0 Å². The van der Waals surface area contributed by atoms with E-state index in [0.29, 0.717) is 18.5 Å². The van der Waals surface area contributed by atoms with Crippen molar-refractivity contribution in [1.29, 1.82) is 0 Å². The molecule has 1 saturated heterocycles. The maximum Gasteiger partial charge on any atom is 0.227 e. The number of carbonyl (C=O) groups excluding carboxylic acids is 2. The molecule has 1 aromatic rings. The number of amides is 1. The zero-order chi connectivity index (χ0) is 13.3. The molecule has 1 aliphatic heterocycles. The van der Waals surface area contributed by atoms with E-state index in [4.69, 9.17) is 5.73 Å². The van der Waals surface area contributed by atoms with E-state index in [1.165, 1.54) is 6.92 Å². The molecule has 4 nitrogen and oxygen atoms in total. The predicted molar refractivity (Wildman–Crippen MR) is 70.6 cm³/mol. The number of anilines is 1. The lowest BCUT2D eigenvalue weighted by Gasteiger charge is -2.24. The smallest absolute Gasteiger partial charge is 0.227 e. The summed E-state index contributed by atoms with van der Waals surface area (Å²) in [6, 6.07) is 7.29. The molecular weight excluding hydrogens is 228 g/mol. The number of Topliss-reactive ketones (excluding diaryl/α,β-unsaturated/α-hetero) is 1. The molecule has 18 heavy (non-hydrogen) atoms. The van der Waals surface area contributed by atoms with E-state index in [-0.39, 0.29) is 23.7 Å². The second-order valence-corrected chi connectivity index (χ2v) is 4.81. The van der Waals surface area contributed by atoms with E-state index in [2.05, 4.69) is 0 Å². The first kappa shape index (κ1) is 12.8. The quantitative estimate of drug-likeness (QED) is 0.824. The van der Waals surface area contributed by atoms with Crippen LogP contribution in [0.1, 0.15) is 30.6 Å². The topological polar surface area (TPSA) is 63.4 Å². The Hall–Kier alpha value is -1.68. The Labute approximate surface area is 107 Å². The molecular formula is C14H18N2O2. The molecule has 1 heterocycles. The van der Waals surface area contributed by atoms with Crippen molar-refractivity contribution in [3.05, 3.63) is 29.8 Å². The van der Waals surface area contributed by atoms with Gasteiger partial charge in [-0.15, -0.1) is 0 Å². The normalized spacial score (nSPS) is 23.5. The van der Waals surface area contributed by atoms with E-state index >= 15 is 0 Å². The fourth-order valence-corrected chi connectivity index (χ4v) is 2.47. The van der Waals surface area contributed by atoms with Crippen molar-refractivity contribution >= 4 is 17.4 Å². The second-order valence-electron chi connectivity index (χ2n) is 4.81. The minimum absolute atomic E-state index is 0.00604. The SMILES string of the molecule is CC(=O)c1cccc(N2C(=O)CC(CN)C2C)c1. The summed E-state index contributed by atoms with van der Waals surface area (Å²) < 4.78 is 0. The van der Waals surface area contributed by atoms with Gasteiger partial charge in [0.25, 0.3) is 0 Å². The summed E-state index contributed by atoms with van der Waals surface area (Å²) in [5, 5.41) is 0. The molecule has 1 aromatic carbocycles. The van der Waals surface area contributed by atoms with Gasteiger partial charge in [0.2, 0.25) is 5.91 Å². The van der Waals surface area contributed by atoms with Gasteiger partial charge >= 0.3 is 0 Å². The maximum atomic E-state index is 12.0. The predicted octanol–water partition coefficient (Wildman–Crippen LogP) is 1.59. The van der Waals surface area contributed by atoms with Gasteiger partial charge in [-0.25, -0.2) is 0 Å². The number of nitrogens with two attached hydrogens (primary N) is 1. The fourth-order valence-electron chi connectivity index (χ4n) is 2.47. The number of benzene rings is 1. The van der Waals surface area contributed by atoms with Crippen molar-refractivity contribution < 1.29 is 9.59 Å². The zero-order valence-corrected chi connectivity index (χ0v) is 10.7. The fraction of sp³-hybridized carbons (Fsp3) is 0.429. The van der Waals surface area contributed by atoms with Crippen LogP contribution in [0.5, 0.6) is 0 Å². The minimum atomic E-state index is 0.00604. The molecule has 4 heteroatoms. The number of hydrogen-bond acceptors (Lipinski definition) is 3. The molecule has 0 radical (unpaired) electrons. The van der Waals surface area contributed by atoms with Gasteiger partial charge in [-0.3, -0.25) is 9.59 Å². The van der Waals surface area contributed by atoms with Crippen LogP contribution in [0.15, 0.2) is 24.3 Å². The molecule has 2 N–H and O–H groups in total. The highest BCUT2D eigenvalue weighted by molar-refractivity contribution is 5.99. The van der Waals surface area contributed by atoms with E-state index < -0.39 is 0 Å². The molecule has 2 atom stereocenters. The molecule has 2 unspecified atom stereocenters. The molecule has 0 saturated carbocycles. The van der Waals surface area contributed by atoms with Crippen LogP contribution in [0.2, 0.25) is 0 Å². The van der Waals surface area contributed by atoms with Gasteiger partial charge in [-0.1, -0.05) is 12.1 Å². The zero-order valence-electron chi connectivity index (χ0n) is 10.7. The molecule has 0 aromatic heterocycles. The average Bonchev–Trinajstić information content (AvgIpc) is 2.64. The second kappa shape index (κ2) is 4.90. The van der Waals surface area contributed by atoms with Crippen LogP contribution in [-0.4, -0.2) is 24.3 Å². The van der Waals surface area contributed by atoms with Crippen molar-refractivity contribution in [1.82, 2.24) is 0 Å². The average molecular weight is 246 g/mol. The number of carbonyl (C=O) groups is 2. The van der Waals surface area contributed by atoms with Crippen molar-refractivity contribution in [3.63, 3.8) is 0 Å². The van der Waals surface area contributed by atoms with Crippen LogP contribution < -0.4 is 10.6 Å². The summed E-state index contributed by atoms with van der Waals surface area (Å²) >= 11 is 0. The van der Waals surface area contributed by atoms with Gasteiger partial charge in [0.05, 0.1) is 0 Å². The molecule has 2 rings (SSSR count). The highest BCUT2D eigenvalue weighted by Crippen LogP contribution is 2.30. The monoisotopic (exact) mass is 246 g/mol. The maximum absolute atomic E-state index is 12.0. The largest absolute Gasteiger partial charge is 0.330 e. The Morgan fingerprint density at radius 3 is 2.78 bits per heavy atom. The van der Waals surface area contributed by atoms with Crippen molar-refractivity contribution in [2.24, 2.45) is 11.7 Å². The van der Waals surface area contributed by atoms with E-state index in [0.717, 1.165) is 5.69 Å². The van der Waals surface area contributed by atoms with E-state index in [1.54, 1.807) is 17.0 Å². The number of ketones is 1. The minimum Gasteiger partial charge on any atom is -0.330 e. The van der Waals surface area contributed by atoms with Crippen LogP contribution in [0.25, 0.3) is 0 Å². The standard InChI is InChI=1S/C14H18N2O2/c1-9-12(8-15)7-14(18)16(9)13-5-3-4-11(6-13)10(2)17/h3-6,9,12H,7-8,15H2,1-2H3. The number of hydrogen-bond donors (Lipinski definition) is 1. The highest BCUT2D eigenvalue weighted by atomic mass is 16.2. The molecule has 0 bridgehead atoms. The van der Waals surface area contributed by atoms with E-state index in [9.17, 15) is 9.59 Å². The van der Waals surface area contributed by atoms with Crippen molar-refractivity contribution in [2.45, 2.75) is 26.3 Å². The first-order chi connectivity index (χ1) is 8.54. The van der Waals surface area contributed by atoms with Crippen LogP contribution >= 0.6 is 0 Å². The Balaban J connectivity index is 2.34. The molecule has 1 amide bonds. The van der Waals surface area contributed by atoms with Gasteiger partial charge in [0.1, 0.15) is 0 Å². The third kappa shape index (κ3) is 2.16. The Morgan fingerprint density at radius 1 is 1.50 bits per heavy atom. The summed E-state index contributed by atoms with van der Waals surface area (Å²) in [5.74, 6) is 0.281. The third-order valence-corrected chi connectivity index (χ3v) is 3.63. The van der Waals surface area contributed by atoms with Crippen molar-refractivity contribution in [2.75, 3.05) is 11.4 Å². The lowest BCUT2D eigenvalue weighted by Crippen LogP contribution is -2.34. The Bertz CT molecular complexity index is 484. The van der Waals surface area contributed by atoms with Crippen LogP contribution in [0, 0.1) is 5.92 Å². The van der Waals surface area contributed by atoms with Crippen molar-refractivity contribution in [3.8, 4) is 0 Å². The summed E-state index contributed by atoms with van der Waals surface area (Å²) in [4.78, 5) is 25.1. The van der Waals surface area contributed by atoms with Crippen LogP contribution in [0.3, 0.4) is 0 Å². The summed E-state index contributed by atoms with van der Waals surface area (Å²) in [7, 11) is 0. The summed E-state index contributed by atoms with van der Waals surface area (Å²) in [6.45, 7) is 4.04. The third-order valence-electron chi connectivity index (χ3n) is 3.63. The Kier molecular flexibility index (Phi) is 3.48. The summed E-state index contributed by atoms with van der Waals surface area (Å²) in [6.07, 6.45) is 0.488. The molecule has 1 aliphatic rings. The lowest BCUT2D eigenvalue weighted by molar-refractivity contribution is -0.117. The molecule has 96 valence electrons. The number of nitrogens with zero attached hydrogens (tertiary/aromatic N) is 1. The first-order valence-corrected chi connectivity index (χ1v) is 6.17. The molecule has 1 fully saturated rings. The lowest BCUT2D eigenvalue weighted by atomic mass is 10.0. The molecule has 0 aliphatic carbocycles. The van der Waals surface area contributed by atoms with Crippen LogP contribution in [-0.2, 0) is 4.79 Å². The van der Waals surface area contributed by atoms with E-state index in [1.807, 2.05) is 19.1 Å². The van der Waals surface area contributed by atoms with Gasteiger partial charge in [0.15, 0.2) is 5.78 Å². The first-order valence-electron chi connectivity index (χ1n) is 6.17. The summed E-state index contributed by atoms with van der Waals surface area (Å²) in [5.41, 5.74) is 7.09. The Morgan fingerprint density at radius 2 is 2.22 bits per heavy atom. The van der Waals surface area contributed by atoms with Gasteiger partial charge in [0, 0.05) is 29.6 Å². The van der Waals surface area contributed by atoms with Crippen LogP contribution in [0.4, 0.5) is 5.69 Å². The number of rotatable bonds is 3. The van der Waals surface area contributed by atoms with Gasteiger partial charge in [-0.05, 0) is 32.5 Å².